The lowest BCUT2D eigenvalue weighted by Crippen LogP contribution is -2.37. The van der Waals surface area contributed by atoms with Crippen LogP contribution in [0, 0.1) is 0 Å². The third-order valence-electron chi connectivity index (χ3n) is 2.38. The largest absolute Gasteiger partial charge is 0.393 e. The summed E-state index contributed by atoms with van der Waals surface area (Å²) in [5, 5.41) is 12.6. The molecule has 90 valence electrons. The summed E-state index contributed by atoms with van der Waals surface area (Å²) in [6, 6.07) is 2.06. The predicted molar refractivity (Wildman–Crippen MR) is 62.7 cm³/mol. The van der Waals surface area contributed by atoms with Crippen LogP contribution in [0.25, 0.3) is 0 Å². The van der Waals surface area contributed by atoms with Crippen LogP contribution in [0.4, 0.5) is 0 Å². The molecule has 1 rings (SSSR count). The molecule has 5 heteroatoms. The highest BCUT2D eigenvalue weighted by atomic mass is 16.3. The Hall–Kier alpha value is -1.04. The number of nitrogens with two attached hydrogens (primary N) is 1. The first kappa shape index (κ1) is 13.0. The van der Waals surface area contributed by atoms with Crippen LogP contribution in [-0.2, 0) is 0 Å². The molecule has 0 aliphatic carbocycles. The topological polar surface area (TPSA) is 84.1 Å². The van der Waals surface area contributed by atoms with Crippen molar-refractivity contribution in [2.45, 2.75) is 38.5 Å². The van der Waals surface area contributed by atoms with Crippen LogP contribution in [0.2, 0.25) is 0 Å². The zero-order valence-corrected chi connectivity index (χ0v) is 9.80. The first-order valence-electron chi connectivity index (χ1n) is 5.53. The van der Waals surface area contributed by atoms with E-state index in [9.17, 15) is 5.11 Å². The van der Waals surface area contributed by atoms with Gasteiger partial charge in [-0.25, -0.2) is 9.97 Å². The third kappa shape index (κ3) is 4.22. The van der Waals surface area contributed by atoms with Crippen molar-refractivity contribution in [3.63, 3.8) is 0 Å². The lowest BCUT2D eigenvalue weighted by atomic mass is 10.1. The van der Waals surface area contributed by atoms with E-state index in [1.807, 2.05) is 13.0 Å². The Labute approximate surface area is 96.1 Å². The fourth-order valence-electron chi connectivity index (χ4n) is 1.70. The highest BCUT2D eigenvalue weighted by Gasteiger charge is 2.14. The van der Waals surface area contributed by atoms with E-state index >= 15 is 0 Å². The maximum atomic E-state index is 9.28. The molecule has 0 aromatic carbocycles. The van der Waals surface area contributed by atoms with Gasteiger partial charge in [-0.2, -0.15) is 0 Å². The van der Waals surface area contributed by atoms with Crippen molar-refractivity contribution in [3.05, 3.63) is 24.3 Å². The first-order chi connectivity index (χ1) is 7.63. The third-order valence-corrected chi connectivity index (χ3v) is 2.38. The van der Waals surface area contributed by atoms with Crippen molar-refractivity contribution in [2.75, 3.05) is 6.54 Å². The van der Waals surface area contributed by atoms with E-state index in [2.05, 4.69) is 15.3 Å². The molecular weight excluding hydrogens is 204 g/mol. The van der Waals surface area contributed by atoms with Crippen LogP contribution in [0.3, 0.4) is 0 Å². The summed E-state index contributed by atoms with van der Waals surface area (Å²) in [7, 11) is 0. The summed E-state index contributed by atoms with van der Waals surface area (Å²) in [6.07, 6.45) is 3.60. The summed E-state index contributed by atoms with van der Waals surface area (Å²) >= 11 is 0. The molecule has 0 saturated carbocycles. The minimum atomic E-state index is -0.314. The molecule has 0 aliphatic rings. The van der Waals surface area contributed by atoms with E-state index in [1.54, 1.807) is 13.1 Å². The molecule has 0 radical (unpaired) electrons. The quantitative estimate of drug-likeness (QED) is 0.644. The smallest absolute Gasteiger partial charge is 0.115 e. The number of aliphatic hydroxyl groups excluding tert-OH is 1. The van der Waals surface area contributed by atoms with Gasteiger partial charge in [0.05, 0.1) is 17.8 Å². The zero-order valence-electron chi connectivity index (χ0n) is 9.80. The minimum absolute atomic E-state index is 0.0109. The van der Waals surface area contributed by atoms with Gasteiger partial charge in [0.25, 0.3) is 0 Å². The lowest BCUT2D eigenvalue weighted by molar-refractivity contribution is 0.168. The summed E-state index contributed by atoms with van der Waals surface area (Å²) in [6.45, 7) is 4.28. The van der Waals surface area contributed by atoms with Crippen molar-refractivity contribution in [1.82, 2.24) is 15.3 Å². The maximum Gasteiger partial charge on any atom is 0.115 e. The van der Waals surface area contributed by atoms with Gasteiger partial charge in [0.2, 0.25) is 0 Å². The van der Waals surface area contributed by atoms with Gasteiger partial charge in [-0.15, -0.1) is 0 Å². The van der Waals surface area contributed by atoms with Gasteiger partial charge in [-0.05, 0) is 26.3 Å². The second-order valence-electron chi connectivity index (χ2n) is 4.07. The molecule has 0 aliphatic heterocycles. The number of aromatic nitrogens is 2. The van der Waals surface area contributed by atoms with Crippen LogP contribution in [0.15, 0.2) is 18.6 Å². The summed E-state index contributed by atoms with van der Waals surface area (Å²) in [4.78, 5) is 8.04. The van der Waals surface area contributed by atoms with E-state index in [4.69, 9.17) is 5.73 Å². The molecule has 1 aromatic rings. The monoisotopic (exact) mass is 224 g/mol. The molecule has 1 aromatic heterocycles. The minimum Gasteiger partial charge on any atom is -0.393 e. The van der Waals surface area contributed by atoms with Crippen molar-refractivity contribution >= 4 is 0 Å². The number of rotatable bonds is 6. The Morgan fingerprint density at radius 1 is 1.50 bits per heavy atom. The molecule has 4 N–H and O–H groups in total. The van der Waals surface area contributed by atoms with Gasteiger partial charge in [0.15, 0.2) is 0 Å². The van der Waals surface area contributed by atoms with Crippen molar-refractivity contribution in [3.8, 4) is 0 Å². The van der Waals surface area contributed by atoms with E-state index in [0.29, 0.717) is 13.0 Å². The highest BCUT2D eigenvalue weighted by molar-refractivity contribution is 5.05. The molecule has 0 fully saturated rings. The van der Waals surface area contributed by atoms with E-state index in [-0.39, 0.29) is 18.2 Å². The number of hydrogen-bond donors (Lipinski definition) is 3. The Morgan fingerprint density at radius 2 is 2.25 bits per heavy atom. The van der Waals surface area contributed by atoms with E-state index in [0.717, 1.165) is 5.69 Å². The molecule has 3 unspecified atom stereocenters. The van der Waals surface area contributed by atoms with Crippen molar-refractivity contribution < 1.29 is 5.11 Å². The number of hydrogen-bond acceptors (Lipinski definition) is 5. The van der Waals surface area contributed by atoms with Crippen LogP contribution >= 0.6 is 0 Å². The Kier molecular flexibility index (Phi) is 5.31. The SMILES string of the molecule is CC(O)CC(C)NC(CN)c1ccncn1. The normalized spacial score (nSPS) is 16.8. The zero-order chi connectivity index (χ0) is 12.0. The number of nitrogens with one attached hydrogen (secondary N) is 1. The number of aliphatic hydroxyl groups is 1. The van der Waals surface area contributed by atoms with Crippen LogP contribution in [0.5, 0.6) is 0 Å². The summed E-state index contributed by atoms with van der Waals surface area (Å²) in [5.74, 6) is 0. The van der Waals surface area contributed by atoms with Crippen LogP contribution in [0.1, 0.15) is 32.0 Å². The average Bonchev–Trinajstić information content (AvgIpc) is 2.26. The van der Waals surface area contributed by atoms with Gasteiger partial charge in [0.1, 0.15) is 6.33 Å². The second kappa shape index (κ2) is 6.52. The molecule has 3 atom stereocenters. The molecule has 16 heavy (non-hydrogen) atoms. The van der Waals surface area contributed by atoms with E-state index in [1.165, 1.54) is 6.33 Å². The maximum absolute atomic E-state index is 9.28. The summed E-state index contributed by atoms with van der Waals surface area (Å²) in [5.41, 5.74) is 6.58. The molecular formula is C11H20N4O. The molecule has 0 spiro atoms. The van der Waals surface area contributed by atoms with E-state index < -0.39 is 0 Å². The van der Waals surface area contributed by atoms with Gasteiger partial charge in [0, 0.05) is 18.8 Å². The van der Waals surface area contributed by atoms with Crippen molar-refractivity contribution in [2.24, 2.45) is 5.73 Å². The first-order valence-corrected chi connectivity index (χ1v) is 5.53. The second-order valence-corrected chi connectivity index (χ2v) is 4.07. The standard InChI is InChI=1S/C11H20N4O/c1-8(5-9(2)16)15-11(6-12)10-3-4-13-7-14-10/h3-4,7-9,11,15-16H,5-6,12H2,1-2H3. The van der Waals surface area contributed by atoms with Crippen LogP contribution < -0.4 is 11.1 Å². The highest BCUT2D eigenvalue weighted by Crippen LogP contribution is 2.09. The predicted octanol–water partition coefficient (Wildman–Crippen LogP) is 0.225. The molecule has 1 heterocycles. The van der Waals surface area contributed by atoms with Crippen molar-refractivity contribution in [1.29, 1.82) is 0 Å². The molecule has 0 saturated heterocycles. The summed E-state index contributed by atoms with van der Waals surface area (Å²) < 4.78 is 0. The van der Waals surface area contributed by atoms with Gasteiger partial charge in [-0.1, -0.05) is 0 Å². The number of nitrogens with zero attached hydrogens (tertiary/aromatic N) is 2. The Morgan fingerprint density at radius 3 is 2.75 bits per heavy atom. The van der Waals surface area contributed by atoms with Gasteiger partial charge >= 0.3 is 0 Å². The van der Waals surface area contributed by atoms with Gasteiger partial charge in [-0.3, -0.25) is 0 Å². The average molecular weight is 224 g/mol. The Balaban J connectivity index is 2.56. The Bertz CT molecular complexity index is 291. The fraction of sp³-hybridized carbons (Fsp3) is 0.636. The molecule has 0 bridgehead atoms. The molecule has 0 amide bonds. The lowest BCUT2D eigenvalue weighted by Gasteiger charge is -2.22. The van der Waals surface area contributed by atoms with Crippen LogP contribution in [-0.4, -0.2) is 33.8 Å². The fourth-order valence-corrected chi connectivity index (χ4v) is 1.70. The van der Waals surface area contributed by atoms with Gasteiger partial charge < -0.3 is 16.2 Å². The molecule has 5 nitrogen and oxygen atoms in total.